The predicted molar refractivity (Wildman–Crippen MR) is 64.4 cm³/mol. The smallest absolute Gasteiger partial charge is 0.251 e. The quantitative estimate of drug-likeness (QED) is 0.781. The molecule has 0 atom stereocenters. The molecule has 2 rings (SSSR count). The standard InChI is InChI=1S/C11H15N5O/c1-16-7-8(6-13-16)9-5-11(17)15-10(14-9)3-2-4-12/h5-7H,2-4,12H2,1H3,(H,14,15,17). The molecule has 0 saturated heterocycles. The fourth-order valence-electron chi connectivity index (χ4n) is 1.60. The zero-order chi connectivity index (χ0) is 12.3. The first-order valence-corrected chi connectivity index (χ1v) is 5.48. The van der Waals surface area contributed by atoms with Crippen molar-refractivity contribution in [1.82, 2.24) is 19.7 Å². The van der Waals surface area contributed by atoms with Crippen LogP contribution < -0.4 is 11.3 Å². The molecule has 0 saturated carbocycles. The van der Waals surface area contributed by atoms with Gasteiger partial charge in [-0.2, -0.15) is 5.10 Å². The van der Waals surface area contributed by atoms with Gasteiger partial charge in [0.2, 0.25) is 0 Å². The van der Waals surface area contributed by atoms with Crippen molar-refractivity contribution in [2.45, 2.75) is 12.8 Å². The Morgan fingerprint density at radius 3 is 3.00 bits per heavy atom. The number of aromatic amines is 1. The minimum Gasteiger partial charge on any atom is -0.330 e. The van der Waals surface area contributed by atoms with Crippen molar-refractivity contribution in [3.63, 3.8) is 0 Å². The fraction of sp³-hybridized carbons (Fsp3) is 0.364. The molecule has 0 aliphatic carbocycles. The second-order valence-corrected chi connectivity index (χ2v) is 3.87. The maximum Gasteiger partial charge on any atom is 0.251 e. The first kappa shape index (κ1) is 11.5. The number of rotatable bonds is 4. The third kappa shape index (κ3) is 2.79. The first-order valence-electron chi connectivity index (χ1n) is 5.48. The number of nitrogens with two attached hydrogens (primary N) is 1. The first-order chi connectivity index (χ1) is 8.19. The van der Waals surface area contributed by atoms with E-state index < -0.39 is 0 Å². The lowest BCUT2D eigenvalue weighted by Crippen LogP contribution is -2.12. The minimum atomic E-state index is -0.147. The fourth-order valence-corrected chi connectivity index (χ4v) is 1.60. The van der Waals surface area contributed by atoms with Gasteiger partial charge < -0.3 is 10.7 Å². The number of nitrogens with zero attached hydrogens (tertiary/aromatic N) is 3. The number of hydrogen-bond donors (Lipinski definition) is 2. The minimum absolute atomic E-state index is 0.147. The van der Waals surface area contributed by atoms with Crippen molar-refractivity contribution in [3.05, 3.63) is 34.6 Å². The molecule has 2 aromatic heterocycles. The van der Waals surface area contributed by atoms with E-state index in [1.54, 1.807) is 10.9 Å². The highest BCUT2D eigenvalue weighted by Crippen LogP contribution is 2.13. The van der Waals surface area contributed by atoms with Gasteiger partial charge in [0, 0.05) is 31.3 Å². The summed E-state index contributed by atoms with van der Waals surface area (Å²) in [5.74, 6) is 0.668. The summed E-state index contributed by atoms with van der Waals surface area (Å²) in [5, 5.41) is 4.06. The third-order valence-corrected chi connectivity index (χ3v) is 2.41. The van der Waals surface area contributed by atoms with Gasteiger partial charge in [0.05, 0.1) is 11.9 Å². The zero-order valence-electron chi connectivity index (χ0n) is 9.68. The summed E-state index contributed by atoms with van der Waals surface area (Å²) in [7, 11) is 1.83. The molecule has 0 unspecified atom stereocenters. The molecule has 90 valence electrons. The highest BCUT2D eigenvalue weighted by atomic mass is 16.1. The molecule has 6 nitrogen and oxygen atoms in total. The molecular weight excluding hydrogens is 218 g/mol. The molecule has 2 heterocycles. The van der Waals surface area contributed by atoms with Gasteiger partial charge in [-0.3, -0.25) is 9.48 Å². The van der Waals surface area contributed by atoms with Gasteiger partial charge >= 0.3 is 0 Å². The lowest BCUT2D eigenvalue weighted by atomic mass is 10.2. The van der Waals surface area contributed by atoms with Gasteiger partial charge in [-0.1, -0.05) is 0 Å². The van der Waals surface area contributed by atoms with Crippen LogP contribution >= 0.6 is 0 Å². The molecule has 17 heavy (non-hydrogen) atoms. The Bertz CT molecular complexity index is 557. The van der Waals surface area contributed by atoms with Crippen LogP contribution in [0.2, 0.25) is 0 Å². The largest absolute Gasteiger partial charge is 0.330 e. The van der Waals surface area contributed by atoms with Gasteiger partial charge in [-0.05, 0) is 13.0 Å². The van der Waals surface area contributed by atoms with Crippen molar-refractivity contribution in [1.29, 1.82) is 0 Å². The number of hydrogen-bond acceptors (Lipinski definition) is 4. The van der Waals surface area contributed by atoms with E-state index in [1.165, 1.54) is 6.07 Å². The second kappa shape index (κ2) is 4.92. The van der Waals surface area contributed by atoms with E-state index in [4.69, 9.17) is 5.73 Å². The number of H-pyrrole nitrogens is 1. The average molecular weight is 233 g/mol. The molecule has 0 aliphatic heterocycles. The van der Waals surface area contributed by atoms with E-state index in [9.17, 15) is 4.79 Å². The molecule has 2 aromatic rings. The number of aryl methyl sites for hydroxylation is 2. The van der Waals surface area contributed by atoms with Crippen LogP contribution in [-0.4, -0.2) is 26.3 Å². The monoisotopic (exact) mass is 233 g/mol. The summed E-state index contributed by atoms with van der Waals surface area (Å²) in [6, 6.07) is 1.48. The number of nitrogens with one attached hydrogen (secondary N) is 1. The Morgan fingerprint density at radius 2 is 2.35 bits per heavy atom. The Balaban J connectivity index is 2.34. The van der Waals surface area contributed by atoms with Crippen molar-refractivity contribution in [2.24, 2.45) is 12.8 Å². The summed E-state index contributed by atoms with van der Waals surface area (Å²) in [6.45, 7) is 0.584. The van der Waals surface area contributed by atoms with E-state index in [2.05, 4.69) is 15.1 Å². The van der Waals surface area contributed by atoms with Gasteiger partial charge in [-0.15, -0.1) is 0 Å². The van der Waals surface area contributed by atoms with Crippen LogP contribution in [0.5, 0.6) is 0 Å². The van der Waals surface area contributed by atoms with Crippen LogP contribution in [0.4, 0.5) is 0 Å². The Morgan fingerprint density at radius 1 is 1.53 bits per heavy atom. The lowest BCUT2D eigenvalue weighted by Gasteiger charge is -2.01. The van der Waals surface area contributed by atoms with E-state index >= 15 is 0 Å². The highest BCUT2D eigenvalue weighted by molar-refractivity contribution is 5.56. The maximum atomic E-state index is 11.5. The molecule has 0 aromatic carbocycles. The summed E-state index contributed by atoms with van der Waals surface area (Å²) in [4.78, 5) is 18.6. The number of aromatic nitrogens is 4. The van der Waals surface area contributed by atoms with Gasteiger partial charge in [0.25, 0.3) is 5.56 Å². The van der Waals surface area contributed by atoms with Crippen LogP contribution in [0, 0.1) is 0 Å². The van der Waals surface area contributed by atoms with E-state index in [1.807, 2.05) is 13.2 Å². The highest BCUT2D eigenvalue weighted by Gasteiger charge is 2.05. The van der Waals surface area contributed by atoms with E-state index in [0.717, 1.165) is 12.0 Å². The molecule has 0 aliphatic rings. The van der Waals surface area contributed by atoms with Crippen molar-refractivity contribution >= 4 is 0 Å². The zero-order valence-corrected chi connectivity index (χ0v) is 9.68. The van der Waals surface area contributed by atoms with Crippen LogP contribution in [0.25, 0.3) is 11.3 Å². The SMILES string of the molecule is Cn1cc(-c2cc(=O)[nH]c(CCCN)n2)cn1. The lowest BCUT2D eigenvalue weighted by molar-refractivity contribution is 0.767. The Hall–Kier alpha value is -1.95. The summed E-state index contributed by atoms with van der Waals surface area (Å²) in [5.41, 5.74) is 6.77. The van der Waals surface area contributed by atoms with Crippen LogP contribution in [0.1, 0.15) is 12.2 Å². The molecular formula is C11H15N5O. The molecule has 0 fully saturated rings. The van der Waals surface area contributed by atoms with Crippen LogP contribution in [0.15, 0.2) is 23.3 Å². The molecule has 3 N–H and O–H groups in total. The van der Waals surface area contributed by atoms with E-state index in [-0.39, 0.29) is 5.56 Å². The van der Waals surface area contributed by atoms with Crippen molar-refractivity contribution in [2.75, 3.05) is 6.54 Å². The molecule has 0 spiro atoms. The molecule has 6 heteroatoms. The summed E-state index contributed by atoms with van der Waals surface area (Å²) < 4.78 is 1.68. The van der Waals surface area contributed by atoms with Crippen molar-refractivity contribution in [3.8, 4) is 11.3 Å². The Labute approximate surface area is 98.5 Å². The van der Waals surface area contributed by atoms with Gasteiger partial charge in [0.15, 0.2) is 0 Å². The summed E-state index contributed by atoms with van der Waals surface area (Å²) in [6.07, 6.45) is 5.00. The normalized spacial score (nSPS) is 10.7. The van der Waals surface area contributed by atoms with Gasteiger partial charge in [-0.25, -0.2) is 4.98 Å². The molecule has 0 radical (unpaired) electrons. The molecule has 0 bridgehead atoms. The van der Waals surface area contributed by atoms with Crippen LogP contribution in [-0.2, 0) is 13.5 Å². The predicted octanol–water partition coefficient (Wildman–Crippen LogP) is 0.0617. The topological polar surface area (TPSA) is 89.6 Å². The Kier molecular flexibility index (Phi) is 3.34. The van der Waals surface area contributed by atoms with Crippen LogP contribution in [0.3, 0.4) is 0 Å². The maximum absolute atomic E-state index is 11.5. The van der Waals surface area contributed by atoms with Crippen molar-refractivity contribution < 1.29 is 0 Å². The second-order valence-electron chi connectivity index (χ2n) is 3.87. The summed E-state index contributed by atoms with van der Waals surface area (Å²) >= 11 is 0. The average Bonchev–Trinajstić information content (AvgIpc) is 2.72. The molecule has 0 amide bonds. The third-order valence-electron chi connectivity index (χ3n) is 2.41. The van der Waals surface area contributed by atoms with Gasteiger partial charge in [0.1, 0.15) is 5.82 Å². The van der Waals surface area contributed by atoms with E-state index in [0.29, 0.717) is 24.5 Å².